The second-order valence-corrected chi connectivity index (χ2v) is 5.81. The lowest BCUT2D eigenvalue weighted by Gasteiger charge is -2.03. The molecule has 16 heavy (non-hydrogen) atoms. The molecule has 2 rings (SSSR count). The molecule has 0 amide bonds. The standard InChI is InChI=1S/C13H22N2O/c1-6-14-8-10-15-7-9(16-10)11-12(2,3)13(11,4)5/h7,11,14H,6,8H2,1-5H3. The zero-order valence-electron chi connectivity index (χ0n) is 10.9. The summed E-state index contributed by atoms with van der Waals surface area (Å²) in [6.07, 6.45) is 1.90. The first-order valence-corrected chi connectivity index (χ1v) is 6.06. The highest BCUT2D eigenvalue weighted by Gasteiger charge is 2.66. The van der Waals surface area contributed by atoms with Crippen molar-refractivity contribution in [2.24, 2.45) is 10.8 Å². The summed E-state index contributed by atoms with van der Waals surface area (Å²) in [5, 5.41) is 3.22. The van der Waals surface area contributed by atoms with E-state index >= 15 is 0 Å². The van der Waals surface area contributed by atoms with E-state index in [1.807, 2.05) is 6.20 Å². The lowest BCUT2D eigenvalue weighted by molar-refractivity contribution is 0.424. The molecule has 1 aliphatic carbocycles. The molecule has 3 heteroatoms. The summed E-state index contributed by atoms with van der Waals surface area (Å²) in [6, 6.07) is 0. The molecule has 0 aliphatic heterocycles. The molecule has 0 unspecified atom stereocenters. The van der Waals surface area contributed by atoms with Crippen molar-refractivity contribution in [2.45, 2.75) is 47.1 Å². The molecule has 1 aromatic rings. The average molecular weight is 222 g/mol. The fourth-order valence-electron chi connectivity index (χ4n) is 2.68. The molecule has 1 fully saturated rings. The fourth-order valence-corrected chi connectivity index (χ4v) is 2.68. The van der Waals surface area contributed by atoms with Crippen LogP contribution in [0.25, 0.3) is 0 Å². The summed E-state index contributed by atoms with van der Waals surface area (Å²) in [4.78, 5) is 4.32. The minimum atomic E-state index is 0.321. The van der Waals surface area contributed by atoms with E-state index in [1.54, 1.807) is 0 Å². The fraction of sp³-hybridized carbons (Fsp3) is 0.769. The predicted molar refractivity (Wildman–Crippen MR) is 64.2 cm³/mol. The van der Waals surface area contributed by atoms with E-state index in [9.17, 15) is 0 Å². The number of hydrogen-bond acceptors (Lipinski definition) is 3. The van der Waals surface area contributed by atoms with Crippen LogP contribution in [0.4, 0.5) is 0 Å². The van der Waals surface area contributed by atoms with Gasteiger partial charge in [-0.1, -0.05) is 34.6 Å². The molecule has 1 aliphatic rings. The van der Waals surface area contributed by atoms with Crippen LogP contribution < -0.4 is 5.32 Å². The Morgan fingerprint density at radius 2 is 1.94 bits per heavy atom. The molecule has 0 saturated heterocycles. The molecule has 0 spiro atoms. The molecular weight excluding hydrogens is 200 g/mol. The maximum atomic E-state index is 5.81. The first-order valence-electron chi connectivity index (χ1n) is 6.06. The van der Waals surface area contributed by atoms with E-state index in [1.165, 1.54) is 0 Å². The molecule has 0 atom stereocenters. The SMILES string of the molecule is CCNCc1ncc(C2C(C)(C)C2(C)C)o1. The summed E-state index contributed by atoms with van der Waals surface area (Å²) in [5.74, 6) is 2.35. The third-order valence-electron chi connectivity index (χ3n) is 4.40. The quantitative estimate of drug-likeness (QED) is 0.851. The van der Waals surface area contributed by atoms with Crippen LogP contribution in [0.2, 0.25) is 0 Å². The second kappa shape index (κ2) is 3.59. The van der Waals surface area contributed by atoms with Gasteiger partial charge in [-0.25, -0.2) is 4.98 Å². The molecular formula is C13H22N2O. The smallest absolute Gasteiger partial charge is 0.208 e. The molecule has 1 aromatic heterocycles. The monoisotopic (exact) mass is 222 g/mol. The van der Waals surface area contributed by atoms with Crippen LogP contribution in [-0.2, 0) is 6.54 Å². The van der Waals surface area contributed by atoms with Crippen LogP contribution in [0, 0.1) is 10.8 Å². The van der Waals surface area contributed by atoms with Crippen molar-refractivity contribution in [3.8, 4) is 0 Å². The number of rotatable bonds is 4. The van der Waals surface area contributed by atoms with Gasteiger partial charge in [-0.15, -0.1) is 0 Å². The van der Waals surface area contributed by atoms with Gasteiger partial charge in [-0.05, 0) is 17.4 Å². The molecule has 1 N–H and O–H groups in total. The molecule has 0 bridgehead atoms. The maximum Gasteiger partial charge on any atom is 0.208 e. The highest BCUT2D eigenvalue weighted by molar-refractivity contribution is 5.27. The Kier molecular flexibility index (Phi) is 2.61. The average Bonchev–Trinajstić information content (AvgIpc) is 2.56. The van der Waals surface area contributed by atoms with E-state index in [0.29, 0.717) is 16.7 Å². The van der Waals surface area contributed by atoms with Crippen molar-refractivity contribution in [2.75, 3.05) is 6.54 Å². The molecule has 0 radical (unpaired) electrons. The van der Waals surface area contributed by atoms with Crippen LogP contribution in [-0.4, -0.2) is 11.5 Å². The first kappa shape index (κ1) is 11.6. The number of aromatic nitrogens is 1. The largest absolute Gasteiger partial charge is 0.444 e. The lowest BCUT2D eigenvalue weighted by atomic mass is 10.0. The van der Waals surface area contributed by atoms with E-state index in [4.69, 9.17) is 4.42 Å². The zero-order valence-corrected chi connectivity index (χ0v) is 10.9. The van der Waals surface area contributed by atoms with Gasteiger partial charge in [-0.3, -0.25) is 0 Å². The predicted octanol–water partition coefficient (Wildman–Crippen LogP) is 2.93. The Labute approximate surface area is 97.6 Å². The van der Waals surface area contributed by atoms with Crippen LogP contribution in [0.5, 0.6) is 0 Å². The van der Waals surface area contributed by atoms with Gasteiger partial charge in [0, 0.05) is 5.92 Å². The van der Waals surface area contributed by atoms with Crippen molar-refractivity contribution in [1.29, 1.82) is 0 Å². The van der Waals surface area contributed by atoms with Gasteiger partial charge < -0.3 is 9.73 Å². The Morgan fingerprint density at radius 3 is 2.44 bits per heavy atom. The summed E-state index contributed by atoms with van der Waals surface area (Å²) in [6.45, 7) is 12.9. The van der Waals surface area contributed by atoms with Gasteiger partial charge in [0.15, 0.2) is 0 Å². The van der Waals surface area contributed by atoms with Crippen LogP contribution in [0.15, 0.2) is 10.6 Å². The van der Waals surface area contributed by atoms with Crippen molar-refractivity contribution >= 4 is 0 Å². The van der Waals surface area contributed by atoms with Gasteiger partial charge in [-0.2, -0.15) is 0 Å². The van der Waals surface area contributed by atoms with E-state index in [2.05, 4.69) is 44.9 Å². The topological polar surface area (TPSA) is 38.1 Å². The van der Waals surface area contributed by atoms with Gasteiger partial charge >= 0.3 is 0 Å². The first-order chi connectivity index (χ1) is 7.41. The highest BCUT2D eigenvalue weighted by Crippen LogP contribution is 2.73. The van der Waals surface area contributed by atoms with E-state index in [0.717, 1.165) is 24.7 Å². The van der Waals surface area contributed by atoms with Gasteiger partial charge in [0.25, 0.3) is 0 Å². The van der Waals surface area contributed by atoms with Crippen molar-refractivity contribution in [3.63, 3.8) is 0 Å². The summed E-state index contributed by atoms with van der Waals surface area (Å²) >= 11 is 0. The zero-order chi connectivity index (χ0) is 12.0. The van der Waals surface area contributed by atoms with Crippen molar-refractivity contribution in [3.05, 3.63) is 17.8 Å². The Balaban J connectivity index is 2.10. The Bertz CT molecular complexity index is 365. The van der Waals surface area contributed by atoms with Crippen molar-refractivity contribution < 1.29 is 4.42 Å². The van der Waals surface area contributed by atoms with Crippen LogP contribution >= 0.6 is 0 Å². The van der Waals surface area contributed by atoms with Gasteiger partial charge in [0.05, 0.1) is 12.7 Å². The summed E-state index contributed by atoms with van der Waals surface area (Å²) < 4.78 is 5.81. The Hall–Kier alpha value is -0.830. The molecule has 90 valence electrons. The number of nitrogens with one attached hydrogen (secondary N) is 1. The molecule has 3 nitrogen and oxygen atoms in total. The van der Waals surface area contributed by atoms with Crippen LogP contribution in [0.3, 0.4) is 0 Å². The summed E-state index contributed by atoms with van der Waals surface area (Å²) in [7, 11) is 0. The number of hydrogen-bond donors (Lipinski definition) is 1. The second-order valence-electron chi connectivity index (χ2n) is 5.81. The third-order valence-corrected chi connectivity index (χ3v) is 4.40. The molecule has 1 heterocycles. The minimum absolute atomic E-state index is 0.321. The molecule has 1 saturated carbocycles. The Morgan fingerprint density at radius 1 is 1.31 bits per heavy atom. The van der Waals surface area contributed by atoms with E-state index in [-0.39, 0.29) is 0 Å². The highest BCUT2D eigenvalue weighted by atomic mass is 16.4. The minimum Gasteiger partial charge on any atom is -0.444 e. The van der Waals surface area contributed by atoms with Crippen molar-refractivity contribution in [1.82, 2.24) is 10.3 Å². The normalized spacial score (nSPS) is 22.3. The summed E-state index contributed by atoms with van der Waals surface area (Å²) in [5.41, 5.74) is 0.643. The van der Waals surface area contributed by atoms with Gasteiger partial charge in [0.1, 0.15) is 5.76 Å². The molecule has 0 aromatic carbocycles. The maximum absolute atomic E-state index is 5.81. The van der Waals surface area contributed by atoms with Crippen LogP contribution in [0.1, 0.15) is 52.2 Å². The third kappa shape index (κ3) is 1.58. The lowest BCUT2D eigenvalue weighted by Crippen LogP contribution is -2.11. The number of nitrogens with zero attached hydrogens (tertiary/aromatic N) is 1. The van der Waals surface area contributed by atoms with E-state index < -0.39 is 0 Å². The number of oxazole rings is 1. The van der Waals surface area contributed by atoms with Gasteiger partial charge in [0.2, 0.25) is 5.89 Å².